The summed E-state index contributed by atoms with van der Waals surface area (Å²) in [6, 6.07) is 8.34. The van der Waals surface area contributed by atoms with Gasteiger partial charge in [0.05, 0.1) is 0 Å². The maximum atomic E-state index is 11.6. The van der Waals surface area contributed by atoms with Gasteiger partial charge >= 0.3 is 5.97 Å². The predicted octanol–water partition coefficient (Wildman–Crippen LogP) is 3.73. The molecule has 1 unspecified atom stereocenters. The van der Waals surface area contributed by atoms with Crippen LogP contribution in [0.25, 0.3) is 10.1 Å². The number of benzene rings is 1. The van der Waals surface area contributed by atoms with Crippen LogP contribution < -0.4 is 0 Å². The molecule has 0 bridgehead atoms. The Labute approximate surface area is 122 Å². The SMILES string of the molecule is CC1(C(=O)O)CCCCN1Cc1csc2ccccc12. The number of hydrogen-bond acceptors (Lipinski definition) is 3. The fourth-order valence-electron chi connectivity index (χ4n) is 3.03. The molecule has 1 saturated heterocycles. The van der Waals surface area contributed by atoms with E-state index < -0.39 is 11.5 Å². The Morgan fingerprint density at radius 2 is 2.20 bits per heavy atom. The second-order valence-corrected chi connectivity index (χ2v) is 6.63. The van der Waals surface area contributed by atoms with Crippen LogP contribution in [-0.4, -0.2) is 28.1 Å². The third-order valence-electron chi connectivity index (χ3n) is 4.42. The van der Waals surface area contributed by atoms with Crippen LogP contribution in [0.1, 0.15) is 31.7 Å². The summed E-state index contributed by atoms with van der Waals surface area (Å²) in [5.74, 6) is -0.697. The second kappa shape index (κ2) is 5.19. The summed E-state index contributed by atoms with van der Waals surface area (Å²) in [6.45, 7) is 3.46. The molecule has 106 valence electrons. The zero-order valence-electron chi connectivity index (χ0n) is 11.6. The molecular weight excluding hydrogens is 270 g/mol. The quantitative estimate of drug-likeness (QED) is 0.936. The van der Waals surface area contributed by atoms with Crippen molar-refractivity contribution in [2.24, 2.45) is 0 Å². The summed E-state index contributed by atoms with van der Waals surface area (Å²) in [6.07, 6.45) is 2.83. The first kappa shape index (κ1) is 13.6. The van der Waals surface area contributed by atoms with Crippen molar-refractivity contribution < 1.29 is 9.90 Å². The average molecular weight is 289 g/mol. The van der Waals surface area contributed by atoms with Crippen molar-refractivity contribution in [3.8, 4) is 0 Å². The highest BCUT2D eigenvalue weighted by molar-refractivity contribution is 7.17. The Bertz CT molecular complexity index is 636. The normalized spacial score (nSPS) is 24.1. The number of carbonyl (C=O) groups is 1. The minimum absolute atomic E-state index is 0.697. The molecule has 20 heavy (non-hydrogen) atoms. The lowest BCUT2D eigenvalue weighted by molar-refractivity contribution is -0.153. The molecule has 1 atom stereocenters. The highest BCUT2D eigenvalue weighted by atomic mass is 32.1. The van der Waals surface area contributed by atoms with Crippen LogP contribution in [0.15, 0.2) is 29.6 Å². The van der Waals surface area contributed by atoms with Crippen LogP contribution in [0.5, 0.6) is 0 Å². The van der Waals surface area contributed by atoms with E-state index in [1.807, 2.05) is 19.1 Å². The summed E-state index contributed by atoms with van der Waals surface area (Å²) in [4.78, 5) is 13.8. The number of carboxylic acid groups (broad SMARTS) is 1. The largest absolute Gasteiger partial charge is 0.480 e. The van der Waals surface area contributed by atoms with Gasteiger partial charge in [-0.05, 0) is 55.1 Å². The lowest BCUT2D eigenvalue weighted by Gasteiger charge is -2.41. The average Bonchev–Trinajstić information content (AvgIpc) is 2.85. The Morgan fingerprint density at radius 3 is 3.00 bits per heavy atom. The predicted molar refractivity (Wildman–Crippen MR) is 82.1 cm³/mol. The van der Waals surface area contributed by atoms with Gasteiger partial charge in [0.2, 0.25) is 0 Å². The fourth-order valence-corrected chi connectivity index (χ4v) is 3.99. The molecule has 1 aromatic heterocycles. The first-order valence-electron chi connectivity index (χ1n) is 7.05. The summed E-state index contributed by atoms with van der Waals surface area (Å²) in [5, 5.41) is 13.0. The van der Waals surface area contributed by atoms with Gasteiger partial charge in [0.1, 0.15) is 5.54 Å². The number of rotatable bonds is 3. The number of carboxylic acids is 1. The molecular formula is C16H19NO2S. The molecule has 3 nitrogen and oxygen atoms in total. The molecule has 1 aliphatic heterocycles. The summed E-state index contributed by atoms with van der Waals surface area (Å²) >= 11 is 1.74. The van der Waals surface area contributed by atoms with Crippen molar-refractivity contribution >= 4 is 27.4 Å². The highest BCUT2D eigenvalue weighted by Gasteiger charge is 2.41. The van der Waals surface area contributed by atoms with E-state index in [2.05, 4.69) is 22.4 Å². The van der Waals surface area contributed by atoms with Gasteiger partial charge in [-0.15, -0.1) is 11.3 Å². The topological polar surface area (TPSA) is 40.5 Å². The van der Waals surface area contributed by atoms with Crippen molar-refractivity contribution in [2.75, 3.05) is 6.54 Å². The van der Waals surface area contributed by atoms with E-state index in [-0.39, 0.29) is 0 Å². The third-order valence-corrected chi connectivity index (χ3v) is 5.43. The van der Waals surface area contributed by atoms with Crippen molar-refractivity contribution in [3.63, 3.8) is 0 Å². The zero-order chi connectivity index (χ0) is 14.2. The summed E-state index contributed by atoms with van der Waals surface area (Å²) in [5.41, 5.74) is 0.529. The molecule has 1 N–H and O–H groups in total. The molecule has 0 radical (unpaired) electrons. The number of hydrogen-bond donors (Lipinski definition) is 1. The molecule has 3 rings (SSSR count). The van der Waals surface area contributed by atoms with Gasteiger partial charge in [-0.25, -0.2) is 0 Å². The van der Waals surface area contributed by atoms with E-state index in [4.69, 9.17) is 0 Å². The minimum atomic E-state index is -0.721. The first-order chi connectivity index (χ1) is 9.61. The molecule has 4 heteroatoms. The standard InChI is InChI=1S/C16H19NO2S/c1-16(15(18)19)8-4-5-9-17(16)10-12-11-20-14-7-3-2-6-13(12)14/h2-3,6-7,11H,4-5,8-10H2,1H3,(H,18,19). The molecule has 0 saturated carbocycles. The summed E-state index contributed by atoms with van der Waals surface area (Å²) < 4.78 is 1.27. The Kier molecular flexibility index (Phi) is 3.52. The van der Waals surface area contributed by atoms with Crippen LogP contribution in [0.3, 0.4) is 0 Å². The van der Waals surface area contributed by atoms with E-state index in [9.17, 15) is 9.90 Å². The van der Waals surface area contributed by atoms with Gasteiger partial charge in [-0.1, -0.05) is 18.2 Å². The van der Waals surface area contributed by atoms with Gasteiger partial charge < -0.3 is 5.11 Å². The van der Waals surface area contributed by atoms with Crippen LogP contribution in [0.2, 0.25) is 0 Å². The molecule has 1 aromatic carbocycles. The number of nitrogens with zero attached hydrogens (tertiary/aromatic N) is 1. The number of fused-ring (bicyclic) bond motifs is 1. The van der Waals surface area contributed by atoms with E-state index in [1.165, 1.54) is 15.6 Å². The summed E-state index contributed by atoms with van der Waals surface area (Å²) in [7, 11) is 0. The van der Waals surface area contributed by atoms with Gasteiger partial charge in [0.15, 0.2) is 0 Å². The maximum absolute atomic E-state index is 11.6. The number of piperidine rings is 1. The monoisotopic (exact) mass is 289 g/mol. The first-order valence-corrected chi connectivity index (χ1v) is 7.93. The maximum Gasteiger partial charge on any atom is 0.323 e. The zero-order valence-corrected chi connectivity index (χ0v) is 12.4. The number of likely N-dealkylation sites (tertiary alicyclic amines) is 1. The number of aliphatic carboxylic acids is 1. The Balaban J connectivity index is 1.91. The Morgan fingerprint density at radius 1 is 1.40 bits per heavy atom. The van der Waals surface area contributed by atoms with Crippen LogP contribution >= 0.6 is 11.3 Å². The smallest absolute Gasteiger partial charge is 0.323 e. The second-order valence-electron chi connectivity index (χ2n) is 5.71. The molecule has 1 aliphatic rings. The van der Waals surface area contributed by atoms with Crippen LogP contribution in [-0.2, 0) is 11.3 Å². The molecule has 2 aromatic rings. The van der Waals surface area contributed by atoms with Crippen molar-refractivity contribution in [2.45, 2.75) is 38.3 Å². The molecule has 0 spiro atoms. The molecule has 0 aliphatic carbocycles. The lowest BCUT2D eigenvalue weighted by atomic mass is 9.88. The van der Waals surface area contributed by atoms with Gasteiger partial charge in [0, 0.05) is 11.2 Å². The van der Waals surface area contributed by atoms with Gasteiger partial charge in [-0.3, -0.25) is 9.69 Å². The number of thiophene rings is 1. The van der Waals surface area contributed by atoms with E-state index >= 15 is 0 Å². The minimum Gasteiger partial charge on any atom is -0.480 e. The van der Waals surface area contributed by atoms with Crippen LogP contribution in [0, 0.1) is 0 Å². The van der Waals surface area contributed by atoms with Crippen molar-refractivity contribution in [1.82, 2.24) is 4.90 Å². The van der Waals surface area contributed by atoms with E-state index in [0.29, 0.717) is 0 Å². The third kappa shape index (κ3) is 2.23. The Hall–Kier alpha value is -1.39. The van der Waals surface area contributed by atoms with E-state index in [0.717, 1.165) is 32.4 Å². The molecule has 2 heterocycles. The molecule has 1 fully saturated rings. The van der Waals surface area contributed by atoms with Crippen molar-refractivity contribution in [3.05, 3.63) is 35.2 Å². The lowest BCUT2D eigenvalue weighted by Crippen LogP contribution is -2.54. The highest BCUT2D eigenvalue weighted by Crippen LogP contribution is 2.33. The fraction of sp³-hybridized carbons (Fsp3) is 0.438. The molecule has 0 amide bonds. The van der Waals surface area contributed by atoms with Crippen LogP contribution in [0.4, 0.5) is 0 Å². The van der Waals surface area contributed by atoms with E-state index in [1.54, 1.807) is 11.3 Å². The van der Waals surface area contributed by atoms with Crippen molar-refractivity contribution in [1.29, 1.82) is 0 Å². The van der Waals surface area contributed by atoms with Gasteiger partial charge in [0.25, 0.3) is 0 Å². The van der Waals surface area contributed by atoms with Gasteiger partial charge in [-0.2, -0.15) is 0 Å².